The Morgan fingerprint density at radius 1 is 0.970 bits per heavy atom. The molecule has 0 bridgehead atoms. The van der Waals surface area contributed by atoms with E-state index in [9.17, 15) is 4.39 Å². The van der Waals surface area contributed by atoms with Crippen LogP contribution < -0.4 is 0 Å². The summed E-state index contributed by atoms with van der Waals surface area (Å²) < 4.78 is 14.2. The maximum Gasteiger partial charge on any atom is -0.0253 e. The van der Waals surface area contributed by atoms with Crippen molar-refractivity contribution in [1.82, 2.24) is 0 Å². The molecular weight excluding hydrogens is 483 g/mol. The number of allylic oxidation sites excluding steroid dienone is 4. The van der Waals surface area contributed by atoms with Crippen molar-refractivity contribution in [2.24, 2.45) is 11.3 Å². The molecule has 3 aromatic rings. The number of benzene rings is 3. The molecule has 2 heteroatoms. The van der Waals surface area contributed by atoms with E-state index in [2.05, 4.69) is 89.2 Å². The first kappa shape index (κ1) is 25.4. The quantitative estimate of drug-likeness (QED) is 0.227. The van der Waals surface area contributed by atoms with E-state index in [4.69, 9.17) is 0 Å². The van der Waals surface area contributed by atoms with Crippen LogP contribution in [0, 0.1) is 29.3 Å². The molecule has 0 heterocycles. The summed E-state index contributed by atoms with van der Waals surface area (Å²) in [6, 6.07) is 24.6. The predicted octanol–water partition coefficient (Wildman–Crippen LogP) is 7.94. The minimum absolute atomic E-state index is 0.170. The SMILES string of the molecule is CC1=[C-]C(C)C=C1C(C)(C)C.Fc1ccc([CH]=[Zr+2])cc1.[c-]1cccc2c1Cc1ccccc1-2. The van der Waals surface area contributed by atoms with E-state index in [0.717, 1.165) is 12.0 Å². The Morgan fingerprint density at radius 3 is 2.21 bits per heavy atom. The van der Waals surface area contributed by atoms with E-state index in [0.29, 0.717) is 11.3 Å². The van der Waals surface area contributed by atoms with E-state index in [-0.39, 0.29) is 5.82 Å². The fourth-order valence-electron chi connectivity index (χ4n) is 4.21. The topological polar surface area (TPSA) is 0 Å². The molecule has 0 fully saturated rings. The third kappa shape index (κ3) is 6.90. The second-order valence-electron chi connectivity index (χ2n) is 9.48. The Labute approximate surface area is 213 Å². The maximum atomic E-state index is 12.2. The van der Waals surface area contributed by atoms with Gasteiger partial charge in [-0.15, -0.1) is 5.56 Å². The van der Waals surface area contributed by atoms with Crippen LogP contribution in [0.25, 0.3) is 11.1 Å². The van der Waals surface area contributed by atoms with Crippen LogP contribution >= 0.6 is 0 Å². The minimum atomic E-state index is -0.170. The standard InChI is InChI=1S/C13H9.C11H17.C7H5F.Zr/c1-3-7-12-10(5-1)9-11-6-2-4-8-13(11)12;1-8-6-9(2)10(7-8)11(3,4)5;1-6-2-4-7(8)5-3-6;/h1-5,7-8H,9H2;7-8H,1-5H3;1-5H;/q2*-1;;+2. The summed E-state index contributed by atoms with van der Waals surface area (Å²) in [5.74, 6) is 0.348. The van der Waals surface area contributed by atoms with Gasteiger partial charge >= 0.3 is 68.0 Å². The zero-order chi connectivity index (χ0) is 24.0. The van der Waals surface area contributed by atoms with Crippen molar-refractivity contribution < 1.29 is 28.6 Å². The first-order valence-electron chi connectivity index (χ1n) is 11.4. The van der Waals surface area contributed by atoms with E-state index in [1.165, 1.54) is 69.8 Å². The molecule has 33 heavy (non-hydrogen) atoms. The Bertz CT molecular complexity index is 1120. The van der Waals surface area contributed by atoms with Gasteiger partial charge in [-0.25, -0.2) is 5.57 Å². The second-order valence-corrected chi connectivity index (χ2v) is 10.2. The van der Waals surface area contributed by atoms with Crippen LogP contribution in [0.3, 0.4) is 0 Å². The predicted molar refractivity (Wildman–Crippen MR) is 134 cm³/mol. The Hall–Kier alpha value is -2.18. The molecule has 1 unspecified atom stereocenters. The van der Waals surface area contributed by atoms with E-state index < -0.39 is 0 Å². The fourth-order valence-corrected chi connectivity index (χ4v) is 4.68. The van der Waals surface area contributed by atoms with Crippen LogP contribution in [-0.2, 0) is 30.7 Å². The summed E-state index contributed by atoms with van der Waals surface area (Å²) in [4.78, 5) is 0. The van der Waals surface area contributed by atoms with Crippen LogP contribution in [0.2, 0.25) is 0 Å². The van der Waals surface area contributed by atoms with Gasteiger partial charge in [0.2, 0.25) is 0 Å². The summed E-state index contributed by atoms with van der Waals surface area (Å²) in [6.45, 7) is 11.1. The molecule has 3 aromatic carbocycles. The van der Waals surface area contributed by atoms with Crippen LogP contribution in [-0.4, -0.2) is 3.71 Å². The van der Waals surface area contributed by atoms with E-state index in [1.54, 1.807) is 12.1 Å². The van der Waals surface area contributed by atoms with Crippen molar-refractivity contribution in [1.29, 1.82) is 0 Å². The zero-order valence-corrected chi connectivity index (χ0v) is 22.6. The third-order valence-corrected chi connectivity index (χ3v) is 6.55. The summed E-state index contributed by atoms with van der Waals surface area (Å²) in [7, 11) is 0. The zero-order valence-electron chi connectivity index (χ0n) is 20.2. The molecule has 0 amide bonds. The second kappa shape index (κ2) is 11.3. The van der Waals surface area contributed by atoms with E-state index >= 15 is 0 Å². The first-order chi connectivity index (χ1) is 15.7. The number of rotatable bonds is 1. The maximum absolute atomic E-state index is 12.2. The molecule has 1 atom stereocenters. The van der Waals surface area contributed by atoms with Gasteiger partial charge in [0.1, 0.15) is 0 Å². The molecule has 166 valence electrons. The third-order valence-electron chi connectivity index (χ3n) is 5.73. The summed E-state index contributed by atoms with van der Waals surface area (Å²) in [5, 5.41) is 0. The Morgan fingerprint density at radius 2 is 1.64 bits per heavy atom. The van der Waals surface area contributed by atoms with Gasteiger partial charge in [-0.05, 0) is 6.42 Å². The van der Waals surface area contributed by atoms with Crippen molar-refractivity contribution in [2.75, 3.05) is 0 Å². The molecule has 0 saturated carbocycles. The number of hydrogen-bond donors (Lipinski definition) is 0. The molecule has 2 aliphatic rings. The summed E-state index contributed by atoms with van der Waals surface area (Å²) >= 11 is 1.34. The summed E-state index contributed by atoms with van der Waals surface area (Å²) in [5.41, 5.74) is 9.70. The van der Waals surface area contributed by atoms with Gasteiger partial charge in [0.25, 0.3) is 0 Å². The molecule has 5 rings (SSSR count). The van der Waals surface area contributed by atoms with Gasteiger partial charge in [-0.1, -0.05) is 81.3 Å². The molecule has 2 aliphatic carbocycles. The molecule has 0 saturated heterocycles. The smallest absolute Gasteiger partial charge is 0.0253 e. The van der Waals surface area contributed by atoms with Gasteiger partial charge in [0.15, 0.2) is 0 Å². The number of fused-ring (bicyclic) bond motifs is 3. The van der Waals surface area contributed by atoms with Crippen molar-refractivity contribution in [2.45, 2.75) is 41.0 Å². The van der Waals surface area contributed by atoms with Crippen molar-refractivity contribution >= 4 is 3.71 Å². The molecule has 0 aromatic heterocycles. The number of halogens is 1. The van der Waals surface area contributed by atoms with Crippen LogP contribution in [0.5, 0.6) is 0 Å². The Balaban J connectivity index is 0.000000142. The summed E-state index contributed by atoms with van der Waals surface area (Å²) in [6.07, 6.45) is 6.76. The van der Waals surface area contributed by atoms with Crippen LogP contribution in [0.4, 0.5) is 4.39 Å². The molecular formula is C31H31FZr. The van der Waals surface area contributed by atoms with Crippen molar-refractivity contribution in [3.8, 4) is 11.1 Å². The number of hydrogen-bond acceptors (Lipinski definition) is 0. The van der Waals surface area contributed by atoms with Gasteiger partial charge in [0.05, 0.1) is 0 Å². The van der Waals surface area contributed by atoms with Crippen molar-refractivity contribution in [3.63, 3.8) is 0 Å². The normalized spacial score (nSPS) is 15.7. The van der Waals surface area contributed by atoms with Gasteiger partial charge in [0, 0.05) is 0 Å². The molecule has 0 N–H and O–H groups in total. The molecule has 0 spiro atoms. The van der Waals surface area contributed by atoms with Crippen LogP contribution in [0.15, 0.2) is 84.0 Å². The van der Waals surface area contributed by atoms with Gasteiger partial charge in [-0.3, -0.25) is 6.08 Å². The molecule has 0 nitrogen and oxygen atoms in total. The van der Waals surface area contributed by atoms with Gasteiger partial charge < -0.3 is 0 Å². The monoisotopic (exact) mass is 512 g/mol. The average Bonchev–Trinajstić information content (AvgIpc) is 3.34. The van der Waals surface area contributed by atoms with Gasteiger partial charge in [-0.2, -0.15) is 41.5 Å². The molecule has 0 aliphatic heterocycles. The van der Waals surface area contributed by atoms with E-state index in [1.807, 2.05) is 9.78 Å². The van der Waals surface area contributed by atoms with Crippen molar-refractivity contribution in [3.05, 3.63) is 119 Å². The first-order valence-corrected chi connectivity index (χ1v) is 12.8. The van der Waals surface area contributed by atoms with Crippen LogP contribution in [0.1, 0.15) is 51.3 Å². The fraction of sp³-hybridized carbons (Fsp3) is 0.258. The average molecular weight is 514 g/mol. The molecule has 0 radical (unpaired) electrons. The largest absolute Gasteiger partial charge is 0.179 e. The Kier molecular flexibility index (Phi) is 8.71. The minimum Gasteiger partial charge on any atom is -0.179 e.